The van der Waals surface area contributed by atoms with Crippen molar-refractivity contribution < 1.29 is 5.11 Å². The van der Waals surface area contributed by atoms with Gasteiger partial charge in [0, 0.05) is 12.6 Å². The van der Waals surface area contributed by atoms with Crippen molar-refractivity contribution in [1.82, 2.24) is 4.90 Å². The molecule has 1 atom stereocenters. The van der Waals surface area contributed by atoms with Crippen LogP contribution in [0.4, 0.5) is 0 Å². The highest BCUT2D eigenvalue weighted by Gasteiger charge is 2.28. The van der Waals surface area contributed by atoms with Crippen molar-refractivity contribution in [2.24, 2.45) is 11.8 Å². The Labute approximate surface area is 123 Å². The molecule has 0 radical (unpaired) electrons. The first-order chi connectivity index (χ1) is 9.70. The van der Waals surface area contributed by atoms with Gasteiger partial charge in [0.25, 0.3) is 0 Å². The topological polar surface area (TPSA) is 23.5 Å². The van der Waals surface area contributed by atoms with E-state index in [-0.39, 0.29) is 0 Å². The van der Waals surface area contributed by atoms with Crippen LogP contribution in [0.15, 0.2) is 30.3 Å². The van der Waals surface area contributed by atoms with Gasteiger partial charge in [-0.3, -0.25) is 0 Å². The normalized spacial score (nSPS) is 24.8. The van der Waals surface area contributed by atoms with E-state index in [1.807, 2.05) is 0 Å². The van der Waals surface area contributed by atoms with E-state index < -0.39 is 0 Å². The number of benzene rings is 1. The zero-order chi connectivity index (χ0) is 14.4. The number of aliphatic hydroxyl groups excluding tert-OH is 1. The van der Waals surface area contributed by atoms with Crippen LogP contribution < -0.4 is 0 Å². The fraction of sp³-hybridized carbons (Fsp3) is 0.667. The standard InChI is InChI=1S/C18H29NO/c1-19(2)18(13-10-15-6-4-3-5-7-15)17-11-8-16(14-20)9-12-17/h3-7,16-18,20H,8-14H2,1-2H3. The minimum atomic E-state index is 0.378. The Hall–Kier alpha value is -0.860. The molecule has 1 fully saturated rings. The fourth-order valence-corrected chi connectivity index (χ4v) is 3.63. The van der Waals surface area contributed by atoms with Crippen LogP contribution in [-0.4, -0.2) is 36.8 Å². The van der Waals surface area contributed by atoms with Crippen LogP contribution in [0.3, 0.4) is 0 Å². The summed E-state index contributed by atoms with van der Waals surface area (Å²) in [5.74, 6) is 1.36. The van der Waals surface area contributed by atoms with Gasteiger partial charge >= 0.3 is 0 Å². The molecule has 1 aromatic carbocycles. The molecule has 0 bridgehead atoms. The van der Waals surface area contributed by atoms with E-state index >= 15 is 0 Å². The van der Waals surface area contributed by atoms with Gasteiger partial charge in [0.1, 0.15) is 0 Å². The summed E-state index contributed by atoms with van der Waals surface area (Å²) < 4.78 is 0. The van der Waals surface area contributed by atoms with Gasteiger partial charge in [-0.2, -0.15) is 0 Å². The summed E-state index contributed by atoms with van der Waals surface area (Å²) in [6, 6.07) is 11.5. The molecule has 2 nitrogen and oxygen atoms in total. The van der Waals surface area contributed by atoms with Gasteiger partial charge in [0.2, 0.25) is 0 Å². The SMILES string of the molecule is CN(C)C(CCc1ccccc1)C1CCC(CO)CC1. The van der Waals surface area contributed by atoms with E-state index in [0.717, 1.165) is 5.92 Å². The molecule has 0 heterocycles. The lowest BCUT2D eigenvalue weighted by Gasteiger charge is -2.37. The molecule has 0 amide bonds. The second-order valence-corrected chi connectivity index (χ2v) is 6.52. The maximum atomic E-state index is 9.27. The molecule has 1 aliphatic rings. The molecule has 2 heteroatoms. The molecular weight excluding hydrogens is 246 g/mol. The molecular formula is C18H29NO. The summed E-state index contributed by atoms with van der Waals surface area (Å²) in [5, 5.41) is 9.27. The molecule has 1 aliphatic carbocycles. The largest absolute Gasteiger partial charge is 0.396 e. The third kappa shape index (κ3) is 4.32. The first-order valence-electron chi connectivity index (χ1n) is 8.02. The van der Waals surface area contributed by atoms with Crippen molar-refractivity contribution in [3.8, 4) is 0 Å². The van der Waals surface area contributed by atoms with Crippen LogP contribution in [0.25, 0.3) is 0 Å². The van der Waals surface area contributed by atoms with Crippen LogP contribution in [0.1, 0.15) is 37.7 Å². The Bertz CT molecular complexity index is 368. The lowest BCUT2D eigenvalue weighted by atomic mass is 9.77. The van der Waals surface area contributed by atoms with Gasteiger partial charge in [-0.1, -0.05) is 30.3 Å². The van der Waals surface area contributed by atoms with E-state index in [1.54, 1.807) is 0 Å². The van der Waals surface area contributed by atoms with Crippen LogP contribution in [0.5, 0.6) is 0 Å². The van der Waals surface area contributed by atoms with Gasteiger partial charge in [-0.15, -0.1) is 0 Å². The highest BCUT2D eigenvalue weighted by atomic mass is 16.3. The number of rotatable bonds is 6. The number of aliphatic hydroxyl groups is 1. The molecule has 0 spiro atoms. The summed E-state index contributed by atoms with van der Waals surface area (Å²) in [4.78, 5) is 2.41. The summed E-state index contributed by atoms with van der Waals surface area (Å²) in [5.41, 5.74) is 1.45. The Morgan fingerprint density at radius 1 is 1.10 bits per heavy atom. The van der Waals surface area contributed by atoms with E-state index in [4.69, 9.17) is 0 Å². The summed E-state index contributed by atoms with van der Waals surface area (Å²) >= 11 is 0. The van der Waals surface area contributed by atoms with E-state index in [2.05, 4.69) is 49.3 Å². The minimum absolute atomic E-state index is 0.378. The van der Waals surface area contributed by atoms with E-state index in [1.165, 1.54) is 44.1 Å². The monoisotopic (exact) mass is 275 g/mol. The number of hydrogen-bond acceptors (Lipinski definition) is 2. The molecule has 1 aromatic rings. The van der Waals surface area contributed by atoms with Crippen LogP contribution in [0, 0.1) is 11.8 Å². The lowest BCUT2D eigenvalue weighted by molar-refractivity contribution is 0.114. The van der Waals surface area contributed by atoms with Crippen LogP contribution in [0.2, 0.25) is 0 Å². The van der Waals surface area contributed by atoms with Crippen molar-refractivity contribution in [1.29, 1.82) is 0 Å². The van der Waals surface area contributed by atoms with Gasteiger partial charge in [0.15, 0.2) is 0 Å². The molecule has 1 unspecified atom stereocenters. The second kappa shape index (κ2) is 7.80. The average molecular weight is 275 g/mol. The molecule has 20 heavy (non-hydrogen) atoms. The molecule has 1 N–H and O–H groups in total. The van der Waals surface area contributed by atoms with Gasteiger partial charge < -0.3 is 10.0 Å². The Kier molecular flexibility index (Phi) is 6.06. The van der Waals surface area contributed by atoms with Crippen molar-refractivity contribution in [2.75, 3.05) is 20.7 Å². The van der Waals surface area contributed by atoms with Gasteiger partial charge in [0.05, 0.1) is 0 Å². The minimum Gasteiger partial charge on any atom is -0.396 e. The molecule has 0 aromatic heterocycles. The Morgan fingerprint density at radius 3 is 2.30 bits per heavy atom. The van der Waals surface area contributed by atoms with Gasteiger partial charge in [-0.25, -0.2) is 0 Å². The zero-order valence-corrected chi connectivity index (χ0v) is 13.0. The Balaban J connectivity index is 1.87. The predicted octanol–water partition coefficient (Wildman–Crippen LogP) is 3.35. The molecule has 2 rings (SSSR count). The first-order valence-corrected chi connectivity index (χ1v) is 8.02. The molecule has 0 saturated heterocycles. The maximum Gasteiger partial charge on any atom is 0.0459 e. The van der Waals surface area contributed by atoms with E-state index in [9.17, 15) is 5.11 Å². The fourth-order valence-electron chi connectivity index (χ4n) is 3.63. The van der Waals surface area contributed by atoms with Crippen molar-refractivity contribution in [2.45, 2.75) is 44.6 Å². The van der Waals surface area contributed by atoms with Crippen molar-refractivity contribution in [3.63, 3.8) is 0 Å². The number of nitrogens with zero attached hydrogens (tertiary/aromatic N) is 1. The van der Waals surface area contributed by atoms with Crippen LogP contribution >= 0.6 is 0 Å². The van der Waals surface area contributed by atoms with E-state index in [0.29, 0.717) is 18.6 Å². The van der Waals surface area contributed by atoms with Crippen molar-refractivity contribution >= 4 is 0 Å². The van der Waals surface area contributed by atoms with Crippen molar-refractivity contribution in [3.05, 3.63) is 35.9 Å². The summed E-state index contributed by atoms with van der Waals surface area (Å²) in [7, 11) is 4.43. The molecule has 0 aliphatic heterocycles. The number of aryl methyl sites for hydroxylation is 1. The lowest BCUT2D eigenvalue weighted by Crippen LogP contribution is -2.38. The third-order valence-electron chi connectivity index (χ3n) is 4.93. The van der Waals surface area contributed by atoms with Gasteiger partial charge in [-0.05, 0) is 70.0 Å². The maximum absolute atomic E-state index is 9.27. The smallest absolute Gasteiger partial charge is 0.0459 e. The second-order valence-electron chi connectivity index (χ2n) is 6.52. The first kappa shape index (κ1) is 15.5. The zero-order valence-electron chi connectivity index (χ0n) is 13.0. The number of hydrogen-bond donors (Lipinski definition) is 1. The molecule has 112 valence electrons. The quantitative estimate of drug-likeness (QED) is 0.860. The Morgan fingerprint density at radius 2 is 1.75 bits per heavy atom. The summed E-state index contributed by atoms with van der Waals surface area (Å²) in [6.45, 7) is 0.378. The summed E-state index contributed by atoms with van der Waals surface area (Å²) in [6.07, 6.45) is 7.38. The average Bonchev–Trinajstić information content (AvgIpc) is 2.49. The highest BCUT2D eigenvalue weighted by molar-refractivity contribution is 5.14. The third-order valence-corrected chi connectivity index (χ3v) is 4.93. The molecule has 1 saturated carbocycles. The van der Waals surface area contributed by atoms with Crippen LogP contribution in [-0.2, 0) is 6.42 Å². The predicted molar refractivity (Wildman–Crippen MR) is 84.8 cm³/mol. The highest BCUT2D eigenvalue weighted by Crippen LogP contribution is 2.33.